The van der Waals surface area contributed by atoms with E-state index in [4.69, 9.17) is 27.7 Å². The van der Waals surface area contributed by atoms with Gasteiger partial charge in [-0.3, -0.25) is 0 Å². The zero-order valence-corrected chi connectivity index (χ0v) is 23.4. The fourth-order valence-electron chi connectivity index (χ4n) is 5.78. The SMILES string of the molecule is [2H]c1c([2H])c([2H])c(-c2c([2H])c([2H])c3c(c2[2H])c([2H])c([2H])c2c3oc3c([2H])c([2H])c([2H])c(-c4c5c([2H])c([2H])c([2H])c([2H])c5c(-c5c([2H])c([2H])c6c([2H])c([2H])c([2H])c([2H])c6c5[2H])c5c([2H])c([2H])c([2H])c([2H])c45)c32)c([2H])c1[2H]. The third kappa shape index (κ3) is 3.97. The molecule has 0 fully saturated rings. The van der Waals surface area contributed by atoms with Gasteiger partial charge in [0.1, 0.15) is 11.2 Å². The normalized spacial score (nSPS) is 20.2. The summed E-state index contributed by atoms with van der Waals surface area (Å²) in [5.74, 6) is 0. The summed E-state index contributed by atoms with van der Waals surface area (Å²) in [6.45, 7) is 0. The second-order valence-corrected chi connectivity index (χ2v) is 10.3. The molecular weight excluding hydrogens is 569 g/mol. The van der Waals surface area contributed by atoms with Crippen LogP contribution in [0.25, 0.3) is 98.4 Å². The molecular formula is C46H28O. The summed E-state index contributed by atoms with van der Waals surface area (Å²) in [7, 11) is 0. The predicted octanol–water partition coefficient (Wildman–Crippen LogP) is 13.2. The van der Waals surface area contributed by atoms with E-state index in [1.54, 1.807) is 0 Å². The second-order valence-electron chi connectivity index (χ2n) is 10.3. The van der Waals surface area contributed by atoms with Crippen LogP contribution in [0.3, 0.4) is 0 Å². The largest absolute Gasteiger partial charge is 0.455 e. The van der Waals surface area contributed by atoms with Crippen LogP contribution in [-0.4, -0.2) is 0 Å². The summed E-state index contributed by atoms with van der Waals surface area (Å²) in [6.07, 6.45) is 0. The highest BCUT2D eigenvalue weighted by Crippen LogP contribution is 2.47. The van der Waals surface area contributed by atoms with Crippen LogP contribution in [0.1, 0.15) is 38.4 Å². The highest BCUT2D eigenvalue weighted by atomic mass is 16.3. The van der Waals surface area contributed by atoms with E-state index in [2.05, 4.69) is 0 Å². The standard InChI is InChI=1S/C46H28O/c1-2-11-29(12-3-1)32-23-25-35-33(27-32)24-26-41-45-40(19-10-20-42(45)47-46(35)41)44-38-17-8-6-15-36(38)43(37-16-7-9-18-39(37)44)34-22-21-30-13-4-5-14-31(30)28-34/h1-28H/i1D,2D,3D,4D,5D,6D,7D,8D,9D,10D,11D,12D,13D,14D,15D,16D,17D,18D,19D,20D,21D,22D,23D,24D,25D,26D,27D,28D. The van der Waals surface area contributed by atoms with Crippen molar-refractivity contribution in [1.82, 2.24) is 0 Å². The Kier molecular flexibility index (Phi) is 2.31. The summed E-state index contributed by atoms with van der Waals surface area (Å²) >= 11 is 0. The molecule has 0 aliphatic carbocycles. The highest BCUT2D eigenvalue weighted by molar-refractivity contribution is 6.27. The molecule has 0 N–H and O–H groups in total. The molecule has 47 heavy (non-hydrogen) atoms. The lowest BCUT2D eigenvalue weighted by Gasteiger charge is -2.18. The maximum absolute atomic E-state index is 9.58. The topological polar surface area (TPSA) is 13.1 Å². The first-order chi connectivity index (χ1) is 35.0. The van der Waals surface area contributed by atoms with Crippen LogP contribution >= 0.6 is 0 Å². The van der Waals surface area contributed by atoms with Gasteiger partial charge < -0.3 is 4.42 Å². The molecule has 1 heterocycles. The number of hydrogen-bond donors (Lipinski definition) is 0. The Morgan fingerprint density at radius 1 is 0.362 bits per heavy atom. The molecule has 9 aromatic carbocycles. The van der Waals surface area contributed by atoms with Gasteiger partial charge in [0.2, 0.25) is 0 Å². The van der Waals surface area contributed by atoms with Crippen LogP contribution in [0.15, 0.2) is 174 Å². The molecule has 1 heteroatoms. The Bertz CT molecular complexity index is 4330. The van der Waals surface area contributed by atoms with Crippen LogP contribution in [-0.2, 0) is 0 Å². The summed E-state index contributed by atoms with van der Waals surface area (Å²) in [4.78, 5) is 0. The Morgan fingerprint density at radius 3 is 1.72 bits per heavy atom. The van der Waals surface area contributed by atoms with Gasteiger partial charge in [-0.05, 0) is 101 Å². The van der Waals surface area contributed by atoms with Crippen molar-refractivity contribution in [2.45, 2.75) is 0 Å². The van der Waals surface area contributed by atoms with Gasteiger partial charge in [0, 0.05) is 16.2 Å². The first-order valence-electron chi connectivity index (χ1n) is 27.9. The molecule has 1 nitrogen and oxygen atoms in total. The van der Waals surface area contributed by atoms with Crippen molar-refractivity contribution >= 4 is 65.0 Å². The third-order valence-electron chi connectivity index (χ3n) is 7.75. The van der Waals surface area contributed by atoms with Crippen molar-refractivity contribution in [2.24, 2.45) is 0 Å². The monoisotopic (exact) mass is 624 g/mol. The molecule has 0 aliphatic rings. The fraction of sp³-hybridized carbons (Fsp3) is 0. The van der Waals surface area contributed by atoms with Crippen molar-refractivity contribution in [3.05, 3.63) is 169 Å². The third-order valence-corrected chi connectivity index (χ3v) is 7.75. The van der Waals surface area contributed by atoms with Gasteiger partial charge in [-0.1, -0.05) is 139 Å². The minimum Gasteiger partial charge on any atom is -0.455 e. The predicted molar refractivity (Wildman–Crippen MR) is 200 cm³/mol. The van der Waals surface area contributed by atoms with Gasteiger partial charge in [-0.25, -0.2) is 0 Å². The Labute approximate surface area is 311 Å². The average Bonchev–Trinajstić information content (AvgIpc) is 3.77. The van der Waals surface area contributed by atoms with E-state index in [1.807, 2.05) is 0 Å². The molecule has 10 rings (SSSR count). The molecule has 0 atom stereocenters. The molecule has 0 saturated heterocycles. The van der Waals surface area contributed by atoms with Gasteiger partial charge in [-0.15, -0.1) is 0 Å². The summed E-state index contributed by atoms with van der Waals surface area (Å²) in [6, 6.07) is -25.6. The summed E-state index contributed by atoms with van der Waals surface area (Å²) in [5.41, 5.74) is -5.58. The Morgan fingerprint density at radius 2 is 0.957 bits per heavy atom. The van der Waals surface area contributed by atoms with Crippen molar-refractivity contribution in [2.75, 3.05) is 0 Å². The lowest BCUT2D eigenvalue weighted by Crippen LogP contribution is -1.91. The van der Waals surface area contributed by atoms with E-state index in [0.29, 0.717) is 0 Å². The first kappa shape index (κ1) is 10.7. The van der Waals surface area contributed by atoms with Gasteiger partial charge >= 0.3 is 0 Å². The van der Waals surface area contributed by atoms with Crippen LogP contribution in [0, 0.1) is 0 Å². The molecule has 0 bridgehead atoms. The molecule has 0 amide bonds. The molecule has 0 aliphatic heterocycles. The number of benzene rings is 9. The summed E-state index contributed by atoms with van der Waals surface area (Å²) in [5, 5.41) is -6.43. The maximum atomic E-state index is 9.58. The van der Waals surface area contributed by atoms with E-state index in [1.165, 1.54) is 0 Å². The number of hydrogen-bond acceptors (Lipinski definition) is 1. The molecule has 0 saturated carbocycles. The lowest BCUT2D eigenvalue weighted by atomic mass is 9.84. The Hall–Kier alpha value is -6.18. The van der Waals surface area contributed by atoms with E-state index in [9.17, 15) is 15.1 Å². The van der Waals surface area contributed by atoms with Gasteiger partial charge in [0.05, 0.1) is 38.4 Å². The zero-order valence-electron chi connectivity index (χ0n) is 51.4. The first-order valence-corrected chi connectivity index (χ1v) is 13.9. The van der Waals surface area contributed by atoms with Crippen molar-refractivity contribution in [3.8, 4) is 33.4 Å². The minimum atomic E-state index is -0.991. The van der Waals surface area contributed by atoms with E-state index < -0.39 is 268 Å². The van der Waals surface area contributed by atoms with E-state index in [-0.39, 0.29) is 0 Å². The highest BCUT2D eigenvalue weighted by Gasteiger charge is 2.21. The van der Waals surface area contributed by atoms with E-state index >= 15 is 0 Å². The smallest absolute Gasteiger partial charge is 0.143 e. The van der Waals surface area contributed by atoms with Crippen LogP contribution in [0.4, 0.5) is 0 Å². The van der Waals surface area contributed by atoms with Gasteiger partial charge in [0.25, 0.3) is 0 Å². The van der Waals surface area contributed by atoms with Gasteiger partial charge in [0.15, 0.2) is 0 Å². The van der Waals surface area contributed by atoms with Crippen molar-refractivity contribution in [3.63, 3.8) is 0 Å². The minimum absolute atomic E-state index is 0.571. The number of furan rings is 1. The lowest BCUT2D eigenvalue weighted by molar-refractivity contribution is 0.673. The summed E-state index contributed by atoms with van der Waals surface area (Å²) < 4.78 is 258. The fourth-order valence-corrected chi connectivity index (χ4v) is 5.78. The molecule has 0 spiro atoms. The van der Waals surface area contributed by atoms with Gasteiger partial charge in [-0.2, -0.15) is 0 Å². The molecule has 1 aromatic heterocycles. The van der Waals surface area contributed by atoms with Crippen molar-refractivity contribution < 1.29 is 42.8 Å². The second kappa shape index (κ2) is 10.2. The maximum Gasteiger partial charge on any atom is 0.143 e. The zero-order chi connectivity index (χ0) is 55.3. The van der Waals surface area contributed by atoms with Crippen LogP contribution < -0.4 is 0 Å². The Balaban J connectivity index is 1.50. The number of rotatable bonds is 3. The van der Waals surface area contributed by atoms with Crippen LogP contribution in [0.5, 0.6) is 0 Å². The average molecular weight is 625 g/mol. The molecule has 0 unspecified atom stereocenters. The van der Waals surface area contributed by atoms with Crippen LogP contribution in [0.2, 0.25) is 0 Å². The molecule has 218 valence electrons. The molecule has 10 aromatic rings. The quantitative estimate of drug-likeness (QED) is 0.178. The molecule has 0 radical (unpaired) electrons. The van der Waals surface area contributed by atoms with Crippen molar-refractivity contribution in [1.29, 1.82) is 0 Å². The number of fused-ring (bicyclic) bond motifs is 8. The van der Waals surface area contributed by atoms with E-state index in [0.717, 1.165) is 0 Å².